The predicted molar refractivity (Wildman–Crippen MR) is 82.8 cm³/mol. The number of methoxy groups -OCH3 is 2. The fourth-order valence-corrected chi connectivity index (χ4v) is 2.44. The summed E-state index contributed by atoms with van der Waals surface area (Å²) in [6.45, 7) is 3.08. The topological polar surface area (TPSA) is 30.5 Å². The summed E-state index contributed by atoms with van der Waals surface area (Å²) in [7, 11) is 3.35. The Kier molecular flexibility index (Phi) is 5.53. The third-order valence-corrected chi connectivity index (χ3v) is 3.48. The highest BCUT2D eigenvalue weighted by atomic mass is 16.7. The molecule has 0 amide bonds. The number of benzene rings is 2. The highest BCUT2D eigenvalue weighted by Gasteiger charge is 2.22. The molecule has 0 saturated carbocycles. The number of rotatable bonds is 7. The molecule has 1 N–H and O–H groups in total. The molecule has 0 aliphatic heterocycles. The van der Waals surface area contributed by atoms with E-state index in [1.807, 2.05) is 0 Å². The molecule has 108 valence electrons. The van der Waals surface area contributed by atoms with E-state index < -0.39 is 0 Å². The predicted octanol–water partition coefficient (Wildman–Crippen LogP) is 3.50. The molecule has 3 nitrogen and oxygen atoms in total. The first-order valence-electron chi connectivity index (χ1n) is 7.07. The van der Waals surface area contributed by atoms with Gasteiger partial charge in [0.25, 0.3) is 0 Å². The van der Waals surface area contributed by atoms with Gasteiger partial charge in [-0.25, -0.2) is 0 Å². The molecular weight excluding hydrogens is 250 g/mol. The average Bonchev–Trinajstić information content (AvgIpc) is 2.51. The van der Waals surface area contributed by atoms with Gasteiger partial charge in [0.15, 0.2) is 6.29 Å². The van der Waals surface area contributed by atoms with Crippen LogP contribution in [-0.2, 0) is 9.47 Å². The Morgan fingerprint density at radius 3 is 2.35 bits per heavy atom. The maximum atomic E-state index is 5.44. The van der Waals surface area contributed by atoms with Crippen molar-refractivity contribution in [3.05, 3.63) is 48.0 Å². The van der Waals surface area contributed by atoms with Crippen LogP contribution in [0.1, 0.15) is 24.9 Å². The van der Waals surface area contributed by atoms with Crippen molar-refractivity contribution in [2.75, 3.05) is 20.8 Å². The quantitative estimate of drug-likeness (QED) is 0.783. The molecule has 0 aromatic heterocycles. The molecule has 0 aliphatic rings. The van der Waals surface area contributed by atoms with Crippen molar-refractivity contribution in [2.45, 2.75) is 25.7 Å². The van der Waals surface area contributed by atoms with E-state index in [2.05, 4.69) is 54.7 Å². The lowest BCUT2D eigenvalue weighted by Crippen LogP contribution is -2.35. The Bertz CT molecular complexity index is 537. The van der Waals surface area contributed by atoms with E-state index in [-0.39, 0.29) is 12.3 Å². The van der Waals surface area contributed by atoms with Crippen LogP contribution in [0.5, 0.6) is 0 Å². The zero-order valence-electron chi connectivity index (χ0n) is 12.4. The Balaban J connectivity index is 2.33. The van der Waals surface area contributed by atoms with Gasteiger partial charge in [-0.2, -0.15) is 0 Å². The molecule has 0 bridgehead atoms. The average molecular weight is 273 g/mol. The lowest BCUT2D eigenvalue weighted by molar-refractivity contribution is -0.124. The van der Waals surface area contributed by atoms with Crippen LogP contribution in [0.2, 0.25) is 0 Å². The van der Waals surface area contributed by atoms with Crippen LogP contribution in [0.15, 0.2) is 42.5 Å². The standard InChI is InChI=1S/C17H23NO2/c1-4-11-18-16(17(19-2)20-3)15-10-9-13-7-5-6-8-14(13)12-15/h5-10,12,16-18H,4,11H2,1-3H3. The van der Waals surface area contributed by atoms with Gasteiger partial charge in [0.2, 0.25) is 0 Å². The van der Waals surface area contributed by atoms with Gasteiger partial charge in [0, 0.05) is 14.2 Å². The van der Waals surface area contributed by atoms with E-state index >= 15 is 0 Å². The van der Waals surface area contributed by atoms with Crippen molar-refractivity contribution in [3.63, 3.8) is 0 Å². The largest absolute Gasteiger partial charge is 0.354 e. The maximum absolute atomic E-state index is 5.44. The van der Waals surface area contributed by atoms with Crippen LogP contribution in [0, 0.1) is 0 Å². The van der Waals surface area contributed by atoms with Crippen molar-refractivity contribution in [1.29, 1.82) is 0 Å². The van der Waals surface area contributed by atoms with Gasteiger partial charge in [-0.1, -0.05) is 43.3 Å². The summed E-state index contributed by atoms with van der Waals surface area (Å²) in [5, 5.41) is 5.98. The second-order valence-corrected chi connectivity index (χ2v) is 4.88. The summed E-state index contributed by atoms with van der Waals surface area (Å²) in [4.78, 5) is 0. The first-order chi connectivity index (χ1) is 9.80. The number of nitrogens with one attached hydrogen (secondary N) is 1. The molecule has 0 saturated heterocycles. The van der Waals surface area contributed by atoms with Gasteiger partial charge in [-0.05, 0) is 35.4 Å². The zero-order chi connectivity index (χ0) is 14.4. The van der Waals surface area contributed by atoms with Crippen LogP contribution in [-0.4, -0.2) is 27.1 Å². The van der Waals surface area contributed by atoms with Crippen molar-refractivity contribution in [1.82, 2.24) is 5.32 Å². The van der Waals surface area contributed by atoms with E-state index in [9.17, 15) is 0 Å². The van der Waals surface area contributed by atoms with E-state index in [0.29, 0.717) is 0 Å². The van der Waals surface area contributed by atoms with E-state index in [0.717, 1.165) is 13.0 Å². The molecule has 20 heavy (non-hydrogen) atoms. The van der Waals surface area contributed by atoms with Gasteiger partial charge < -0.3 is 14.8 Å². The molecule has 0 spiro atoms. The highest BCUT2D eigenvalue weighted by Crippen LogP contribution is 2.24. The van der Waals surface area contributed by atoms with E-state index in [4.69, 9.17) is 9.47 Å². The van der Waals surface area contributed by atoms with Crippen molar-refractivity contribution in [2.24, 2.45) is 0 Å². The second-order valence-electron chi connectivity index (χ2n) is 4.88. The van der Waals surface area contributed by atoms with Crippen molar-refractivity contribution >= 4 is 10.8 Å². The lowest BCUT2D eigenvalue weighted by atomic mass is 10.0. The Hall–Kier alpha value is -1.42. The number of hydrogen-bond donors (Lipinski definition) is 1. The number of ether oxygens (including phenoxy) is 2. The van der Waals surface area contributed by atoms with Gasteiger partial charge in [-0.3, -0.25) is 0 Å². The third kappa shape index (κ3) is 3.37. The van der Waals surface area contributed by atoms with E-state index in [1.165, 1.54) is 16.3 Å². The summed E-state index contributed by atoms with van der Waals surface area (Å²) in [6.07, 6.45) is 0.784. The first kappa shape index (κ1) is 15.0. The molecule has 1 atom stereocenters. The minimum absolute atomic E-state index is 0.0366. The molecule has 0 heterocycles. The maximum Gasteiger partial charge on any atom is 0.176 e. The third-order valence-electron chi connectivity index (χ3n) is 3.48. The normalized spacial score (nSPS) is 13.0. The van der Waals surface area contributed by atoms with E-state index in [1.54, 1.807) is 14.2 Å². The van der Waals surface area contributed by atoms with Gasteiger partial charge in [0.05, 0.1) is 6.04 Å². The lowest BCUT2D eigenvalue weighted by Gasteiger charge is -2.26. The van der Waals surface area contributed by atoms with Crippen molar-refractivity contribution in [3.8, 4) is 0 Å². The molecule has 0 aliphatic carbocycles. The molecule has 2 aromatic carbocycles. The Labute approximate surface area is 120 Å². The number of fused-ring (bicyclic) bond motifs is 1. The molecule has 3 heteroatoms. The van der Waals surface area contributed by atoms with Crippen LogP contribution in [0.3, 0.4) is 0 Å². The molecule has 2 aromatic rings. The summed E-state index contributed by atoms with van der Waals surface area (Å²) in [5.41, 5.74) is 1.19. The van der Waals surface area contributed by atoms with Crippen molar-refractivity contribution < 1.29 is 9.47 Å². The minimum Gasteiger partial charge on any atom is -0.354 e. The molecule has 0 radical (unpaired) electrons. The fraction of sp³-hybridized carbons (Fsp3) is 0.412. The monoisotopic (exact) mass is 273 g/mol. The summed E-state index contributed by atoms with van der Waals surface area (Å²) >= 11 is 0. The smallest absolute Gasteiger partial charge is 0.176 e. The van der Waals surface area contributed by atoms with Crippen LogP contribution >= 0.6 is 0 Å². The van der Waals surface area contributed by atoms with Gasteiger partial charge in [-0.15, -0.1) is 0 Å². The molecule has 1 unspecified atom stereocenters. The first-order valence-corrected chi connectivity index (χ1v) is 7.07. The van der Waals surface area contributed by atoms with Gasteiger partial charge in [0.1, 0.15) is 0 Å². The van der Waals surface area contributed by atoms with Crippen LogP contribution < -0.4 is 5.32 Å². The van der Waals surface area contributed by atoms with Crippen LogP contribution in [0.4, 0.5) is 0 Å². The minimum atomic E-state index is -0.289. The molecule has 2 rings (SSSR count). The summed E-state index contributed by atoms with van der Waals surface area (Å²) in [5.74, 6) is 0. The zero-order valence-corrected chi connectivity index (χ0v) is 12.4. The SMILES string of the molecule is CCCNC(c1ccc2ccccc2c1)C(OC)OC. The van der Waals surface area contributed by atoms with Gasteiger partial charge >= 0.3 is 0 Å². The van der Waals surface area contributed by atoms with Crippen LogP contribution in [0.25, 0.3) is 10.8 Å². The Morgan fingerprint density at radius 2 is 1.70 bits per heavy atom. The number of hydrogen-bond acceptors (Lipinski definition) is 3. The Morgan fingerprint density at radius 1 is 1.00 bits per heavy atom. The summed E-state index contributed by atoms with van der Waals surface area (Å²) in [6, 6.07) is 14.9. The fourth-order valence-electron chi connectivity index (χ4n) is 2.44. The molecule has 0 fully saturated rings. The second kappa shape index (κ2) is 7.39. The highest BCUT2D eigenvalue weighted by molar-refractivity contribution is 5.83. The molecular formula is C17H23NO2. The summed E-state index contributed by atoms with van der Waals surface area (Å²) < 4.78 is 10.9.